The average molecular weight is 461 g/mol. The fourth-order valence-corrected chi connectivity index (χ4v) is 3.12. The molecule has 0 saturated heterocycles. The van der Waals surface area contributed by atoms with Crippen LogP contribution in [-0.4, -0.2) is 26.1 Å². The van der Waals surface area contributed by atoms with Crippen LogP contribution in [0.5, 0.6) is 0 Å². The molecule has 6 heteroatoms. The Bertz CT molecular complexity index is 616. The third-order valence-corrected chi connectivity index (χ3v) is 4.76. The molecule has 1 atom stereocenters. The number of hydrogen-bond acceptors (Lipinski definition) is 2. The maximum Gasteiger partial charge on any atom is 0.190 e. The number of thiophene rings is 1. The molecule has 0 radical (unpaired) electrons. The SMILES string of the molecule is CN=C(NCCCc1cccc(F)c1)NCC(C)c1cccs1.I. The Hall–Kier alpha value is -1.15. The van der Waals surface area contributed by atoms with Gasteiger partial charge in [0, 0.05) is 30.9 Å². The van der Waals surface area contributed by atoms with Crippen molar-refractivity contribution >= 4 is 41.3 Å². The van der Waals surface area contributed by atoms with Crippen molar-refractivity contribution in [3.8, 4) is 0 Å². The number of guanidine groups is 1. The summed E-state index contributed by atoms with van der Waals surface area (Å²) in [5.74, 6) is 1.10. The van der Waals surface area contributed by atoms with Crippen LogP contribution in [0.1, 0.15) is 29.7 Å². The topological polar surface area (TPSA) is 36.4 Å². The molecule has 0 bridgehead atoms. The number of halogens is 2. The fourth-order valence-electron chi connectivity index (χ4n) is 2.33. The van der Waals surface area contributed by atoms with Gasteiger partial charge < -0.3 is 10.6 Å². The lowest BCUT2D eigenvalue weighted by molar-refractivity contribution is 0.624. The van der Waals surface area contributed by atoms with Crippen LogP contribution in [0, 0.1) is 5.82 Å². The van der Waals surface area contributed by atoms with E-state index in [2.05, 4.69) is 40.1 Å². The van der Waals surface area contributed by atoms with Crippen molar-refractivity contribution < 1.29 is 4.39 Å². The van der Waals surface area contributed by atoms with Gasteiger partial charge in [-0.2, -0.15) is 0 Å². The van der Waals surface area contributed by atoms with Crippen LogP contribution >= 0.6 is 35.3 Å². The number of nitrogens with one attached hydrogen (secondary N) is 2. The summed E-state index contributed by atoms with van der Waals surface area (Å²) >= 11 is 1.78. The number of nitrogens with zero attached hydrogens (tertiary/aromatic N) is 1. The molecule has 0 saturated carbocycles. The van der Waals surface area contributed by atoms with Gasteiger partial charge in [0.05, 0.1) is 0 Å². The second-order valence-electron chi connectivity index (χ2n) is 5.53. The van der Waals surface area contributed by atoms with Gasteiger partial charge in [0.1, 0.15) is 5.82 Å². The van der Waals surface area contributed by atoms with E-state index in [4.69, 9.17) is 0 Å². The highest BCUT2D eigenvalue weighted by Crippen LogP contribution is 2.19. The zero-order valence-electron chi connectivity index (χ0n) is 14.1. The van der Waals surface area contributed by atoms with Crippen molar-refractivity contribution in [2.24, 2.45) is 4.99 Å². The molecule has 2 aromatic rings. The molecular weight excluding hydrogens is 436 g/mol. The number of aryl methyl sites for hydroxylation is 1. The predicted octanol–water partition coefficient (Wildman–Crippen LogP) is 4.41. The molecule has 0 fully saturated rings. The summed E-state index contributed by atoms with van der Waals surface area (Å²) in [4.78, 5) is 5.61. The van der Waals surface area contributed by atoms with Crippen LogP contribution in [0.2, 0.25) is 0 Å². The van der Waals surface area contributed by atoms with Crippen molar-refractivity contribution in [3.63, 3.8) is 0 Å². The average Bonchev–Trinajstić information content (AvgIpc) is 3.08. The highest BCUT2D eigenvalue weighted by atomic mass is 127. The van der Waals surface area contributed by atoms with E-state index >= 15 is 0 Å². The van der Waals surface area contributed by atoms with Crippen LogP contribution in [0.25, 0.3) is 0 Å². The molecule has 24 heavy (non-hydrogen) atoms. The zero-order valence-corrected chi connectivity index (χ0v) is 17.2. The first-order valence-corrected chi connectivity index (χ1v) is 8.79. The van der Waals surface area contributed by atoms with Crippen molar-refractivity contribution in [1.29, 1.82) is 0 Å². The number of rotatable bonds is 7. The first kappa shape index (κ1) is 20.9. The second kappa shape index (κ2) is 11.4. The molecule has 132 valence electrons. The molecule has 0 amide bonds. The summed E-state index contributed by atoms with van der Waals surface area (Å²) in [6.07, 6.45) is 1.79. The zero-order chi connectivity index (χ0) is 16.5. The Morgan fingerprint density at radius 1 is 1.25 bits per heavy atom. The number of benzene rings is 1. The van der Waals surface area contributed by atoms with E-state index in [0.717, 1.165) is 37.5 Å². The molecule has 0 aliphatic carbocycles. The quantitative estimate of drug-likeness (QED) is 0.278. The summed E-state index contributed by atoms with van der Waals surface area (Å²) < 4.78 is 13.1. The van der Waals surface area contributed by atoms with Gasteiger partial charge in [-0.05, 0) is 42.0 Å². The van der Waals surface area contributed by atoms with Gasteiger partial charge in [-0.1, -0.05) is 25.1 Å². The van der Waals surface area contributed by atoms with Crippen LogP contribution in [0.4, 0.5) is 4.39 Å². The van der Waals surface area contributed by atoms with E-state index in [-0.39, 0.29) is 29.8 Å². The summed E-state index contributed by atoms with van der Waals surface area (Å²) in [6.45, 7) is 3.86. The van der Waals surface area contributed by atoms with Gasteiger partial charge in [0.25, 0.3) is 0 Å². The Morgan fingerprint density at radius 3 is 2.75 bits per heavy atom. The van der Waals surface area contributed by atoms with E-state index in [0.29, 0.717) is 5.92 Å². The molecule has 1 aromatic heterocycles. The Balaban J connectivity index is 0.00000288. The second-order valence-corrected chi connectivity index (χ2v) is 6.51. The highest BCUT2D eigenvalue weighted by molar-refractivity contribution is 14.0. The van der Waals surface area contributed by atoms with E-state index in [1.807, 2.05) is 6.07 Å². The molecule has 0 spiro atoms. The monoisotopic (exact) mass is 461 g/mol. The molecule has 1 unspecified atom stereocenters. The van der Waals surface area contributed by atoms with E-state index in [1.165, 1.54) is 10.9 Å². The van der Waals surface area contributed by atoms with Crippen LogP contribution in [-0.2, 0) is 6.42 Å². The molecule has 0 aliphatic rings. The minimum absolute atomic E-state index is 0. The third-order valence-electron chi connectivity index (χ3n) is 3.65. The lowest BCUT2D eigenvalue weighted by atomic mass is 10.1. The molecular formula is C18H25FIN3S. The predicted molar refractivity (Wildman–Crippen MR) is 112 cm³/mol. The minimum Gasteiger partial charge on any atom is -0.356 e. The largest absolute Gasteiger partial charge is 0.356 e. The Morgan fingerprint density at radius 2 is 2.08 bits per heavy atom. The van der Waals surface area contributed by atoms with Crippen LogP contribution in [0.3, 0.4) is 0 Å². The third kappa shape index (κ3) is 7.17. The van der Waals surface area contributed by atoms with Gasteiger partial charge >= 0.3 is 0 Å². The molecule has 1 heterocycles. The maximum atomic E-state index is 13.1. The lowest BCUT2D eigenvalue weighted by Gasteiger charge is -2.15. The van der Waals surface area contributed by atoms with Gasteiger partial charge in [-0.15, -0.1) is 35.3 Å². The summed E-state index contributed by atoms with van der Waals surface area (Å²) in [5.41, 5.74) is 1.03. The summed E-state index contributed by atoms with van der Waals surface area (Å²) in [6, 6.07) is 11.0. The smallest absolute Gasteiger partial charge is 0.190 e. The first-order chi connectivity index (χ1) is 11.2. The standard InChI is InChI=1S/C18H24FN3S.HI/c1-14(17-9-5-11-23-17)13-22-18(20-2)21-10-4-7-15-6-3-8-16(19)12-15;/h3,5-6,8-9,11-12,14H,4,7,10,13H2,1-2H3,(H2,20,21,22);1H. The number of aliphatic imine (C=N–C) groups is 1. The molecule has 2 N–H and O–H groups in total. The van der Waals surface area contributed by atoms with Crippen molar-refractivity contribution in [3.05, 3.63) is 58.0 Å². The highest BCUT2D eigenvalue weighted by Gasteiger charge is 2.07. The first-order valence-electron chi connectivity index (χ1n) is 7.91. The van der Waals surface area contributed by atoms with Crippen LogP contribution < -0.4 is 10.6 Å². The van der Waals surface area contributed by atoms with Gasteiger partial charge in [-0.25, -0.2) is 4.39 Å². The molecule has 3 nitrogen and oxygen atoms in total. The van der Waals surface area contributed by atoms with Gasteiger partial charge in [-0.3, -0.25) is 4.99 Å². The van der Waals surface area contributed by atoms with E-state index in [1.54, 1.807) is 30.5 Å². The normalized spacial score (nSPS) is 12.4. The van der Waals surface area contributed by atoms with Crippen LogP contribution in [0.15, 0.2) is 46.8 Å². The van der Waals surface area contributed by atoms with Crippen molar-refractivity contribution in [2.75, 3.05) is 20.1 Å². The summed E-state index contributed by atoms with van der Waals surface area (Å²) in [5, 5.41) is 8.76. The number of hydrogen-bond donors (Lipinski definition) is 2. The fraction of sp³-hybridized carbons (Fsp3) is 0.389. The van der Waals surface area contributed by atoms with E-state index < -0.39 is 0 Å². The van der Waals surface area contributed by atoms with E-state index in [9.17, 15) is 4.39 Å². The lowest BCUT2D eigenvalue weighted by Crippen LogP contribution is -2.39. The Labute approximate surface area is 164 Å². The van der Waals surface area contributed by atoms with Crippen molar-refractivity contribution in [2.45, 2.75) is 25.7 Å². The molecule has 2 rings (SSSR count). The minimum atomic E-state index is -0.171. The molecule has 1 aromatic carbocycles. The van der Waals surface area contributed by atoms with Crippen molar-refractivity contribution in [1.82, 2.24) is 10.6 Å². The van der Waals surface area contributed by atoms with Gasteiger partial charge in [0.15, 0.2) is 5.96 Å². The summed E-state index contributed by atoms with van der Waals surface area (Å²) in [7, 11) is 1.78. The Kier molecular flexibility index (Phi) is 9.94. The maximum absolute atomic E-state index is 13.1. The molecule has 0 aliphatic heterocycles. The van der Waals surface area contributed by atoms with Gasteiger partial charge in [0.2, 0.25) is 0 Å².